The van der Waals surface area contributed by atoms with Gasteiger partial charge >= 0.3 is 0 Å². The van der Waals surface area contributed by atoms with Gasteiger partial charge in [-0.1, -0.05) is 13.8 Å². The van der Waals surface area contributed by atoms with Crippen LogP contribution < -0.4 is 0 Å². The summed E-state index contributed by atoms with van der Waals surface area (Å²) in [6.07, 6.45) is 0. The van der Waals surface area contributed by atoms with Crippen LogP contribution >= 0.6 is 0 Å². The molecule has 19 heavy (non-hydrogen) atoms. The largest absolute Gasteiger partial charge is 0.360 e. The normalized spacial score (nSPS) is 21.9. The van der Waals surface area contributed by atoms with E-state index in [-0.39, 0.29) is 5.60 Å². The van der Waals surface area contributed by atoms with Crippen LogP contribution in [0, 0.1) is 0 Å². The molecule has 0 radical (unpaired) electrons. The van der Waals surface area contributed by atoms with E-state index in [1.54, 1.807) is 0 Å². The Bertz CT molecular complexity index is 224. The molecule has 1 aliphatic heterocycles. The molecule has 4 heteroatoms. The quantitative estimate of drug-likeness (QED) is 0.775. The van der Waals surface area contributed by atoms with Crippen LogP contribution in [0.5, 0.6) is 0 Å². The Morgan fingerprint density at radius 2 is 1.11 bits per heavy atom. The topological polar surface area (TPSA) is 19.0 Å². The van der Waals surface area contributed by atoms with Gasteiger partial charge < -0.3 is 14.5 Å². The smallest absolute Gasteiger partial charge is 0.0998 e. The van der Waals surface area contributed by atoms with Crippen LogP contribution in [-0.4, -0.2) is 79.4 Å². The summed E-state index contributed by atoms with van der Waals surface area (Å²) in [6.45, 7) is 20.8. The van der Waals surface area contributed by atoms with E-state index in [1.165, 1.54) is 13.1 Å². The van der Waals surface area contributed by atoms with E-state index in [4.69, 9.17) is 4.74 Å². The number of hydrogen-bond donors (Lipinski definition) is 0. The Hall–Kier alpha value is -0.160. The summed E-state index contributed by atoms with van der Waals surface area (Å²) < 4.78 is 5.93. The van der Waals surface area contributed by atoms with Crippen molar-refractivity contribution in [3.63, 3.8) is 0 Å². The summed E-state index contributed by atoms with van der Waals surface area (Å²) in [5.74, 6) is 0. The summed E-state index contributed by atoms with van der Waals surface area (Å²) >= 11 is 0. The molecule has 0 aromatic carbocycles. The lowest BCUT2D eigenvalue weighted by atomic mass is 10.2. The predicted octanol–water partition coefficient (Wildman–Crippen LogP) is 1.72. The molecule has 4 nitrogen and oxygen atoms in total. The molecule has 0 amide bonds. The minimum Gasteiger partial charge on any atom is -0.360 e. The molecule has 0 spiro atoms. The van der Waals surface area contributed by atoms with Gasteiger partial charge in [0.05, 0.1) is 12.3 Å². The van der Waals surface area contributed by atoms with Crippen molar-refractivity contribution in [2.24, 2.45) is 0 Å². The van der Waals surface area contributed by atoms with E-state index in [0.717, 1.165) is 46.0 Å². The van der Waals surface area contributed by atoms with Crippen LogP contribution in [-0.2, 0) is 4.74 Å². The third-order valence-corrected chi connectivity index (χ3v) is 3.77. The van der Waals surface area contributed by atoms with Gasteiger partial charge in [-0.05, 0) is 33.9 Å². The van der Waals surface area contributed by atoms with Gasteiger partial charge in [-0.25, -0.2) is 0 Å². The molecule has 1 fully saturated rings. The number of nitrogens with zero attached hydrogens (tertiary/aromatic N) is 3. The van der Waals surface area contributed by atoms with Gasteiger partial charge in [-0.15, -0.1) is 0 Å². The maximum atomic E-state index is 5.93. The Labute approximate surface area is 119 Å². The molecular formula is C15H33N3O. The van der Waals surface area contributed by atoms with Gasteiger partial charge in [0.2, 0.25) is 0 Å². The van der Waals surface area contributed by atoms with Gasteiger partial charge in [0.25, 0.3) is 0 Å². The third-order valence-electron chi connectivity index (χ3n) is 3.77. The van der Waals surface area contributed by atoms with E-state index >= 15 is 0 Å². The highest BCUT2D eigenvalue weighted by molar-refractivity contribution is 4.70. The van der Waals surface area contributed by atoms with Crippen molar-refractivity contribution in [2.75, 3.05) is 59.1 Å². The van der Waals surface area contributed by atoms with Gasteiger partial charge in [-0.3, -0.25) is 4.90 Å². The van der Waals surface area contributed by atoms with E-state index in [1.807, 2.05) is 0 Å². The fourth-order valence-corrected chi connectivity index (χ4v) is 2.23. The summed E-state index contributed by atoms with van der Waals surface area (Å²) in [7, 11) is 0. The SMILES string of the molecule is CCN1CCN(CC)CCN(COC(C)(C)C)CC1. The first-order valence-electron chi connectivity index (χ1n) is 7.75. The molecule has 0 aromatic rings. The lowest BCUT2D eigenvalue weighted by molar-refractivity contribution is -0.0649. The van der Waals surface area contributed by atoms with Crippen molar-refractivity contribution >= 4 is 0 Å². The second-order valence-corrected chi connectivity index (χ2v) is 6.37. The monoisotopic (exact) mass is 271 g/mol. The molecule has 0 aliphatic carbocycles. The average molecular weight is 271 g/mol. The molecule has 0 saturated carbocycles. The highest BCUT2D eigenvalue weighted by Gasteiger charge is 2.17. The Morgan fingerprint density at radius 1 is 0.737 bits per heavy atom. The molecule has 0 unspecified atom stereocenters. The van der Waals surface area contributed by atoms with Crippen molar-refractivity contribution in [2.45, 2.75) is 40.2 Å². The highest BCUT2D eigenvalue weighted by atomic mass is 16.5. The number of rotatable bonds is 4. The lowest BCUT2D eigenvalue weighted by Crippen LogP contribution is -2.39. The highest BCUT2D eigenvalue weighted by Crippen LogP contribution is 2.08. The standard InChI is InChI=1S/C15H33N3O/c1-6-16-8-9-17(7-2)11-13-18(12-10-16)14-19-15(3,4)5/h6-14H2,1-5H3. The van der Waals surface area contributed by atoms with Crippen LogP contribution in [0.2, 0.25) is 0 Å². The summed E-state index contributed by atoms with van der Waals surface area (Å²) in [6, 6.07) is 0. The second kappa shape index (κ2) is 8.20. The Balaban J connectivity index is 2.50. The van der Waals surface area contributed by atoms with E-state index < -0.39 is 0 Å². The lowest BCUT2D eigenvalue weighted by Gasteiger charge is -2.29. The molecule has 0 N–H and O–H groups in total. The molecular weight excluding hydrogens is 238 g/mol. The van der Waals surface area contributed by atoms with Gasteiger partial charge in [0, 0.05) is 39.3 Å². The first-order valence-corrected chi connectivity index (χ1v) is 7.75. The van der Waals surface area contributed by atoms with Crippen LogP contribution in [0.15, 0.2) is 0 Å². The minimum atomic E-state index is -0.0483. The fraction of sp³-hybridized carbons (Fsp3) is 1.00. The number of ether oxygens (including phenoxy) is 1. The fourth-order valence-electron chi connectivity index (χ4n) is 2.23. The number of hydrogen-bond acceptors (Lipinski definition) is 4. The Morgan fingerprint density at radius 3 is 1.42 bits per heavy atom. The molecule has 1 aliphatic rings. The maximum absolute atomic E-state index is 5.93. The van der Waals surface area contributed by atoms with E-state index in [2.05, 4.69) is 49.3 Å². The summed E-state index contributed by atoms with van der Waals surface area (Å²) in [4.78, 5) is 7.53. The van der Waals surface area contributed by atoms with Gasteiger partial charge in [-0.2, -0.15) is 0 Å². The zero-order valence-corrected chi connectivity index (χ0v) is 13.6. The Kier molecular flexibility index (Phi) is 7.29. The van der Waals surface area contributed by atoms with Crippen LogP contribution in [0.3, 0.4) is 0 Å². The van der Waals surface area contributed by atoms with Crippen molar-refractivity contribution in [1.29, 1.82) is 0 Å². The van der Waals surface area contributed by atoms with Crippen molar-refractivity contribution in [3.8, 4) is 0 Å². The summed E-state index contributed by atoms with van der Waals surface area (Å²) in [5.41, 5.74) is -0.0483. The third kappa shape index (κ3) is 7.25. The summed E-state index contributed by atoms with van der Waals surface area (Å²) in [5, 5.41) is 0. The van der Waals surface area contributed by atoms with Crippen LogP contribution in [0.4, 0.5) is 0 Å². The van der Waals surface area contributed by atoms with Gasteiger partial charge in [0.15, 0.2) is 0 Å². The second-order valence-electron chi connectivity index (χ2n) is 6.37. The van der Waals surface area contributed by atoms with E-state index in [9.17, 15) is 0 Å². The molecule has 114 valence electrons. The minimum absolute atomic E-state index is 0.0483. The van der Waals surface area contributed by atoms with Crippen molar-refractivity contribution < 1.29 is 4.74 Å². The maximum Gasteiger partial charge on any atom is 0.0998 e. The van der Waals surface area contributed by atoms with E-state index in [0.29, 0.717) is 0 Å². The van der Waals surface area contributed by atoms with Gasteiger partial charge in [0.1, 0.15) is 0 Å². The zero-order valence-electron chi connectivity index (χ0n) is 13.6. The molecule has 0 aromatic heterocycles. The van der Waals surface area contributed by atoms with Crippen LogP contribution in [0.25, 0.3) is 0 Å². The zero-order chi connectivity index (χ0) is 14.3. The first kappa shape index (κ1) is 16.9. The predicted molar refractivity (Wildman–Crippen MR) is 81.5 cm³/mol. The number of likely N-dealkylation sites (N-methyl/N-ethyl adjacent to an activating group) is 2. The van der Waals surface area contributed by atoms with Crippen molar-refractivity contribution in [3.05, 3.63) is 0 Å². The molecule has 1 saturated heterocycles. The van der Waals surface area contributed by atoms with Crippen molar-refractivity contribution in [1.82, 2.24) is 14.7 Å². The van der Waals surface area contributed by atoms with Crippen LogP contribution in [0.1, 0.15) is 34.6 Å². The molecule has 0 atom stereocenters. The molecule has 1 rings (SSSR count). The average Bonchev–Trinajstić information content (AvgIpc) is 2.45. The molecule has 0 bridgehead atoms. The first-order chi connectivity index (χ1) is 8.94. The molecule has 1 heterocycles.